The van der Waals surface area contributed by atoms with E-state index < -0.39 is 0 Å². The van der Waals surface area contributed by atoms with E-state index in [1.54, 1.807) is 0 Å². The van der Waals surface area contributed by atoms with E-state index >= 15 is 0 Å². The fourth-order valence-electron chi connectivity index (χ4n) is 1.24. The Balaban J connectivity index is 2.47. The lowest BCUT2D eigenvalue weighted by Gasteiger charge is -2.14. The third kappa shape index (κ3) is 4.32. The highest BCUT2D eigenvalue weighted by atomic mass is 35.5. The SMILES string of the molecule is COC(=O)CN(C)Cc1ccc(Cl)cc1. The van der Waals surface area contributed by atoms with Crippen LogP contribution in [-0.2, 0) is 16.1 Å². The van der Waals surface area contributed by atoms with Crippen molar-refractivity contribution in [3.05, 3.63) is 34.9 Å². The van der Waals surface area contributed by atoms with E-state index in [-0.39, 0.29) is 5.97 Å². The van der Waals surface area contributed by atoms with Crippen LogP contribution < -0.4 is 0 Å². The van der Waals surface area contributed by atoms with E-state index in [4.69, 9.17) is 11.6 Å². The summed E-state index contributed by atoms with van der Waals surface area (Å²) in [6.07, 6.45) is 0. The van der Waals surface area contributed by atoms with Gasteiger partial charge in [-0.2, -0.15) is 0 Å². The molecule has 0 fully saturated rings. The number of hydrogen-bond donors (Lipinski definition) is 0. The summed E-state index contributed by atoms with van der Waals surface area (Å²) in [5.41, 5.74) is 1.12. The highest BCUT2D eigenvalue weighted by Crippen LogP contribution is 2.10. The van der Waals surface area contributed by atoms with Gasteiger partial charge in [-0.15, -0.1) is 0 Å². The van der Waals surface area contributed by atoms with Gasteiger partial charge >= 0.3 is 5.97 Å². The fraction of sp³-hybridized carbons (Fsp3) is 0.364. The first kappa shape index (κ1) is 12.0. The zero-order chi connectivity index (χ0) is 11.3. The number of rotatable bonds is 4. The molecule has 0 heterocycles. The number of likely N-dealkylation sites (N-methyl/N-ethyl adjacent to an activating group) is 1. The second-order valence-corrected chi connectivity index (χ2v) is 3.81. The summed E-state index contributed by atoms with van der Waals surface area (Å²) in [6.45, 7) is 0.991. The lowest BCUT2D eigenvalue weighted by molar-refractivity contribution is -0.141. The van der Waals surface area contributed by atoms with Gasteiger partial charge in [-0.05, 0) is 24.7 Å². The summed E-state index contributed by atoms with van der Waals surface area (Å²) >= 11 is 5.77. The minimum absolute atomic E-state index is 0.230. The topological polar surface area (TPSA) is 29.5 Å². The number of carbonyl (C=O) groups excluding carboxylic acids is 1. The van der Waals surface area contributed by atoms with Crippen LogP contribution in [0.1, 0.15) is 5.56 Å². The molecule has 0 saturated heterocycles. The Bertz CT molecular complexity index is 324. The molecule has 82 valence electrons. The van der Waals surface area contributed by atoms with Gasteiger partial charge in [-0.1, -0.05) is 23.7 Å². The van der Waals surface area contributed by atoms with Crippen molar-refractivity contribution in [1.29, 1.82) is 0 Å². The molecular weight excluding hydrogens is 214 g/mol. The third-order valence-corrected chi connectivity index (χ3v) is 2.24. The molecule has 0 aliphatic carbocycles. The summed E-state index contributed by atoms with van der Waals surface area (Å²) in [5.74, 6) is -0.230. The Kier molecular flexibility index (Phi) is 4.59. The first-order valence-corrected chi connectivity index (χ1v) is 4.99. The standard InChI is InChI=1S/C11H14ClNO2/c1-13(8-11(14)15-2)7-9-3-5-10(12)6-4-9/h3-6H,7-8H2,1-2H3. The van der Waals surface area contributed by atoms with Crippen molar-refractivity contribution < 1.29 is 9.53 Å². The lowest BCUT2D eigenvalue weighted by atomic mass is 10.2. The van der Waals surface area contributed by atoms with Crippen LogP contribution in [-0.4, -0.2) is 31.6 Å². The van der Waals surface area contributed by atoms with Crippen molar-refractivity contribution in [2.45, 2.75) is 6.54 Å². The van der Waals surface area contributed by atoms with Gasteiger partial charge in [0.2, 0.25) is 0 Å². The Morgan fingerprint density at radius 1 is 1.40 bits per heavy atom. The zero-order valence-corrected chi connectivity index (χ0v) is 9.62. The van der Waals surface area contributed by atoms with Gasteiger partial charge in [0, 0.05) is 11.6 Å². The monoisotopic (exact) mass is 227 g/mol. The number of methoxy groups -OCH3 is 1. The Hall–Kier alpha value is -1.06. The van der Waals surface area contributed by atoms with E-state index in [0.29, 0.717) is 13.1 Å². The largest absolute Gasteiger partial charge is 0.468 e. The molecule has 0 bridgehead atoms. The normalized spacial score (nSPS) is 10.4. The maximum Gasteiger partial charge on any atom is 0.319 e. The lowest BCUT2D eigenvalue weighted by Crippen LogP contribution is -2.26. The number of nitrogens with zero attached hydrogens (tertiary/aromatic N) is 1. The molecule has 1 rings (SSSR count). The van der Waals surface area contributed by atoms with E-state index in [1.807, 2.05) is 36.2 Å². The average Bonchev–Trinajstić information content (AvgIpc) is 2.21. The summed E-state index contributed by atoms with van der Waals surface area (Å²) in [6, 6.07) is 7.55. The molecule has 0 saturated carbocycles. The van der Waals surface area contributed by atoms with E-state index in [1.165, 1.54) is 7.11 Å². The molecule has 0 aliphatic rings. The molecule has 0 N–H and O–H groups in total. The van der Waals surface area contributed by atoms with Crippen molar-refractivity contribution in [2.24, 2.45) is 0 Å². The fourth-order valence-corrected chi connectivity index (χ4v) is 1.37. The Morgan fingerprint density at radius 3 is 2.53 bits per heavy atom. The maximum atomic E-state index is 11.0. The van der Waals surface area contributed by atoms with Crippen molar-refractivity contribution in [3.63, 3.8) is 0 Å². The predicted octanol–water partition coefficient (Wildman–Crippen LogP) is 1.94. The van der Waals surface area contributed by atoms with Gasteiger partial charge in [0.1, 0.15) is 0 Å². The number of ether oxygens (including phenoxy) is 1. The number of hydrogen-bond acceptors (Lipinski definition) is 3. The highest BCUT2D eigenvalue weighted by molar-refractivity contribution is 6.30. The zero-order valence-electron chi connectivity index (χ0n) is 8.87. The molecule has 0 unspecified atom stereocenters. The van der Waals surface area contributed by atoms with E-state index in [2.05, 4.69) is 4.74 Å². The molecule has 0 aliphatic heterocycles. The van der Waals surface area contributed by atoms with Gasteiger partial charge in [0.05, 0.1) is 13.7 Å². The molecule has 15 heavy (non-hydrogen) atoms. The summed E-state index contributed by atoms with van der Waals surface area (Å²) < 4.78 is 4.58. The summed E-state index contributed by atoms with van der Waals surface area (Å²) in [5, 5.41) is 0.717. The van der Waals surface area contributed by atoms with Crippen molar-refractivity contribution >= 4 is 17.6 Å². The van der Waals surface area contributed by atoms with Crippen LogP contribution in [0.25, 0.3) is 0 Å². The van der Waals surface area contributed by atoms with Crippen LogP contribution in [0.3, 0.4) is 0 Å². The molecule has 0 atom stereocenters. The number of benzene rings is 1. The second kappa shape index (κ2) is 5.73. The maximum absolute atomic E-state index is 11.0. The first-order valence-electron chi connectivity index (χ1n) is 4.61. The molecule has 1 aromatic rings. The van der Waals surface area contributed by atoms with Crippen LogP contribution in [0.5, 0.6) is 0 Å². The molecule has 0 aromatic heterocycles. The number of esters is 1. The van der Waals surface area contributed by atoms with Crippen LogP contribution in [0, 0.1) is 0 Å². The first-order chi connectivity index (χ1) is 7.11. The van der Waals surface area contributed by atoms with Crippen molar-refractivity contribution in [2.75, 3.05) is 20.7 Å². The van der Waals surface area contributed by atoms with Gasteiger partial charge < -0.3 is 4.74 Å². The molecule has 1 aromatic carbocycles. The van der Waals surface area contributed by atoms with Crippen molar-refractivity contribution in [1.82, 2.24) is 4.90 Å². The molecule has 3 nitrogen and oxygen atoms in total. The molecule has 0 spiro atoms. The smallest absolute Gasteiger partial charge is 0.319 e. The van der Waals surface area contributed by atoms with Gasteiger partial charge in [-0.3, -0.25) is 9.69 Å². The van der Waals surface area contributed by atoms with Crippen LogP contribution in [0.4, 0.5) is 0 Å². The van der Waals surface area contributed by atoms with Crippen LogP contribution >= 0.6 is 11.6 Å². The summed E-state index contributed by atoms with van der Waals surface area (Å²) in [7, 11) is 3.25. The van der Waals surface area contributed by atoms with Crippen molar-refractivity contribution in [3.8, 4) is 0 Å². The molecular formula is C11H14ClNO2. The van der Waals surface area contributed by atoms with E-state index in [0.717, 1.165) is 10.6 Å². The van der Waals surface area contributed by atoms with Crippen LogP contribution in [0.2, 0.25) is 5.02 Å². The minimum atomic E-state index is -0.230. The van der Waals surface area contributed by atoms with Gasteiger partial charge in [0.15, 0.2) is 0 Å². The predicted molar refractivity (Wildman–Crippen MR) is 59.8 cm³/mol. The average molecular weight is 228 g/mol. The number of halogens is 1. The van der Waals surface area contributed by atoms with Gasteiger partial charge in [0.25, 0.3) is 0 Å². The van der Waals surface area contributed by atoms with E-state index in [9.17, 15) is 4.79 Å². The Labute approximate surface area is 94.6 Å². The quantitative estimate of drug-likeness (QED) is 0.737. The minimum Gasteiger partial charge on any atom is -0.468 e. The third-order valence-electron chi connectivity index (χ3n) is 1.99. The number of carbonyl (C=O) groups is 1. The Morgan fingerprint density at radius 2 is 2.00 bits per heavy atom. The molecule has 4 heteroatoms. The molecule has 0 amide bonds. The summed E-state index contributed by atoms with van der Waals surface area (Å²) in [4.78, 5) is 12.9. The van der Waals surface area contributed by atoms with Crippen LogP contribution in [0.15, 0.2) is 24.3 Å². The highest BCUT2D eigenvalue weighted by Gasteiger charge is 2.06. The molecule has 0 radical (unpaired) electrons. The second-order valence-electron chi connectivity index (χ2n) is 3.37. The van der Waals surface area contributed by atoms with Gasteiger partial charge in [-0.25, -0.2) is 0 Å².